The van der Waals surface area contributed by atoms with Gasteiger partial charge in [-0.3, -0.25) is 4.90 Å². The predicted octanol–water partition coefficient (Wildman–Crippen LogP) is 4.02. The van der Waals surface area contributed by atoms with Crippen molar-refractivity contribution in [3.05, 3.63) is 29.5 Å². The number of H-pyrrole nitrogens is 1. The summed E-state index contributed by atoms with van der Waals surface area (Å²) in [5.74, 6) is 2.82. The Balaban J connectivity index is 1.64. The molecule has 3 fully saturated rings. The summed E-state index contributed by atoms with van der Waals surface area (Å²) in [7, 11) is 0. The van der Waals surface area contributed by atoms with Gasteiger partial charge >= 0.3 is 0 Å². The summed E-state index contributed by atoms with van der Waals surface area (Å²) >= 11 is 0. The second kappa shape index (κ2) is 5.01. The van der Waals surface area contributed by atoms with Gasteiger partial charge in [0.25, 0.3) is 0 Å². The molecule has 2 aromatic rings. The van der Waals surface area contributed by atoms with Gasteiger partial charge in [-0.25, -0.2) is 0 Å². The normalized spacial score (nSPS) is 35.3. The van der Waals surface area contributed by atoms with Crippen LogP contribution in [0.2, 0.25) is 0 Å². The van der Waals surface area contributed by atoms with Crippen molar-refractivity contribution in [2.45, 2.75) is 51.0 Å². The van der Waals surface area contributed by atoms with Gasteiger partial charge < -0.3 is 10.1 Å². The number of rotatable bonds is 2. The fourth-order valence-corrected chi connectivity index (χ4v) is 5.93. The molecular weight excluding hydrogens is 284 g/mol. The van der Waals surface area contributed by atoms with Crippen molar-refractivity contribution >= 4 is 10.9 Å². The lowest BCUT2D eigenvalue weighted by atomic mass is 9.65. The van der Waals surface area contributed by atoms with Crippen molar-refractivity contribution in [2.75, 3.05) is 13.1 Å². The zero-order chi connectivity index (χ0) is 15.6. The Morgan fingerprint density at radius 3 is 3.09 bits per heavy atom. The van der Waals surface area contributed by atoms with Crippen LogP contribution in [0.4, 0.5) is 0 Å². The average molecular weight is 310 g/mol. The summed E-state index contributed by atoms with van der Waals surface area (Å²) in [6, 6.07) is 6.54. The Morgan fingerprint density at radius 2 is 2.22 bits per heavy atom. The van der Waals surface area contributed by atoms with Crippen molar-refractivity contribution in [3.63, 3.8) is 0 Å². The molecule has 122 valence electrons. The molecular formula is C20H26N2O. The molecule has 3 nitrogen and oxygen atoms in total. The van der Waals surface area contributed by atoms with E-state index < -0.39 is 0 Å². The van der Waals surface area contributed by atoms with Gasteiger partial charge in [-0.05, 0) is 61.3 Å². The third kappa shape index (κ3) is 1.99. The maximum absolute atomic E-state index is 9.90. The monoisotopic (exact) mass is 310 g/mol. The molecule has 2 N–H and O–H groups in total. The number of hydrogen-bond donors (Lipinski definition) is 2. The maximum Gasteiger partial charge on any atom is 0.116 e. The molecule has 4 heterocycles. The minimum atomic E-state index is 0.386. The van der Waals surface area contributed by atoms with Gasteiger partial charge in [0.1, 0.15) is 5.75 Å². The number of fused-ring (bicyclic) bond motifs is 4. The molecule has 6 rings (SSSR count). The first kappa shape index (κ1) is 13.9. The van der Waals surface area contributed by atoms with E-state index in [1.807, 2.05) is 12.1 Å². The molecule has 1 saturated carbocycles. The van der Waals surface area contributed by atoms with Crippen LogP contribution in [0.15, 0.2) is 18.2 Å². The van der Waals surface area contributed by atoms with E-state index in [0.717, 1.165) is 24.3 Å². The quantitative estimate of drug-likeness (QED) is 0.879. The van der Waals surface area contributed by atoms with Gasteiger partial charge in [0, 0.05) is 41.6 Å². The van der Waals surface area contributed by atoms with Gasteiger partial charge in [0.2, 0.25) is 0 Å². The second-order valence-corrected chi connectivity index (χ2v) is 7.98. The highest BCUT2D eigenvalue weighted by Crippen LogP contribution is 2.51. The summed E-state index contributed by atoms with van der Waals surface area (Å²) in [4.78, 5) is 6.55. The minimum absolute atomic E-state index is 0.386. The highest BCUT2D eigenvalue weighted by Gasteiger charge is 2.48. The summed E-state index contributed by atoms with van der Waals surface area (Å²) < 4.78 is 0. The van der Waals surface area contributed by atoms with Crippen LogP contribution in [-0.4, -0.2) is 34.1 Å². The lowest BCUT2D eigenvalue weighted by Gasteiger charge is -2.53. The number of phenolic OH excluding ortho intramolecular Hbond substituents is 1. The Bertz CT molecular complexity index is 749. The van der Waals surface area contributed by atoms with Crippen molar-refractivity contribution in [1.29, 1.82) is 0 Å². The van der Waals surface area contributed by atoms with E-state index in [9.17, 15) is 5.11 Å². The van der Waals surface area contributed by atoms with E-state index >= 15 is 0 Å². The number of aromatic nitrogens is 1. The number of phenols is 1. The topological polar surface area (TPSA) is 39.3 Å². The number of piperidine rings is 2. The zero-order valence-electron chi connectivity index (χ0n) is 13.9. The van der Waals surface area contributed by atoms with Gasteiger partial charge in [0.05, 0.1) is 0 Å². The summed E-state index contributed by atoms with van der Waals surface area (Å²) in [5.41, 5.74) is 4.17. The molecule has 0 radical (unpaired) electrons. The molecule has 3 aliphatic heterocycles. The molecule has 2 saturated heterocycles. The van der Waals surface area contributed by atoms with E-state index in [0.29, 0.717) is 11.7 Å². The standard InChI is InChI=1S/C20H26N2O/c1-2-3-13-8-12-9-17-19-15(6-7-22(11-12)20(13)17)16-10-14(23)4-5-18(16)21-19/h4-5,10,12-13,17,20-21,23H,2-3,6-9,11H2,1H3. The Kier molecular flexibility index (Phi) is 3.03. The Labute approximate surface area is 137 Å². The predicted molar refractivity (Wildman–Crippen MR) is 92.9 cm³/mol. The van der Waals surface area contributed by atoms with E-state index in [4.69, 9.17) is 0 Å². The average Bonchev–Trinajstić information content (AvgIpc) is 2.85. The van der Waals surface area contributed by atoms with Gasteiger partial charge in [-0.2, -0.15) is 0 Å². The second-order valence-electron chi connectivity index (χ2n) is 7.98. The highest BCUT2D eigenvalue weighted by molar-refractivity contribution is 5.86. The number of aromatic amines is 1. The van der Waals surface area contributed by atoms with Crippen LogP contribution in [0.3, 0.4) is 0 Å². The van der Waals surface area contributed by atoms with E-state index in [1.54, 1.807) is 6.07 Å². The molecule has 3 heteroatoms. The van der Waals surface area contributed by atoms with Crippen LogP contribution >= 0.6 is 0 Å². The van der Waals surface area contributed by atoms with E-state index in [1.165, 1.54) is 60.9 Å². The van der Waals surface area contributed by atoms with Crippen molar-refractivity contribution < 1.29 is 5.11 Å². The first-order valence-corrected chi connectivity index (χ1v) is 9.32. The zero-order valence-corrected chi connectivity index (χ0v) is 13.9. The van der Waals surface area contributed by atoms with Gasteiger partial charge in [-0.15, -0.1) is 0 Å². The number of aromatic hydroxyl groups is 1. The van der Waals surface area contributed by atoms with Crippen molar-refractivity contribution in [1.82, 2.24) is 9.88 Å². The molecule has 1 aromatic heterocycles. The highest BCUT2D eigenvalue weighted by atomic mass is 16.3. The van der Waals surface area contributed by atoms with Gasteiger partial charge in [-0.1, -0.05) is 13.3 Å². The molecule has 0 spiro atoms. The molecule has 0 amide bonds. The fraction of sp³-hybridized carbons (Fsp3) is 0.600. The van der Waals surface area contributed by atoms with Crippen LogP contribution < -0.4 is 0 Å². The van der Waals surface area contributed by atoms with Crippen LogP contribution in [0, 0.1) is 11.8 Å². The molecule has 1 aromatic carbocycles. The largest absolute Gasteiger partial charge is 0.508 e. The van der Waals surface area contributed by atoms with Crippen molar-refractivity contribution in [2.24, 2.45) is 11.8 Å². The molecule has 5 atom stereocenters. The summed E-state index contributed by atoms with van der Waals surface area (Å²) in [6.07, 6.45) is 6.61. The number of nitrogens with one attached hydrogen (secondary N) is 1. The van der Waals surface area contributed by atoms with Crippen LogP contribution in [0.1, 0.15) is 49.8 Å². The van der Waals surface area contributed by atoms with Crippen LogP contribution in [0.25, 0.3) is 10.9 Å². The summed E-state index contributed by atoms with van der Waals surface area (Å²) in [5, 5.41) is 11.1. The number of hydrogen-bond acceptors (Lipinski definition) is 2. The SMILES string of the molecule is CCCC1CC2CC3c4[nH]c5ccc(O)cc5c4CCN(C2)C13. The molecule has 4 aliphatic rings. The third-order valence-corrected chi connectivity index (χ3v) is 6.63. The molecule has 4 bridgehead atoms. The van der Waals surface area contributed by atoms with Gasteiger partial charge in [0.15, 0.2) is 0 Å². The molecule has 1 aliphatic carbocycles. The molecule has 5 unspecified atom stereocenters. The number of nitrogens with zero attached hydrogens (tertiary/aromatic N) is 1. The first-order chi connectivity index (χ1) is 11.2. The Morgan fingerprint density at radius 1 is 1.30 bits per heavy atom. The molecule has 23 heavy (non-hydrogen) atoms. The van der Waals surface area contributed by atoms with E-state index in [-0.39, 0.29) is 0 Å². The van der Waals surface area contributed by atoms with E-state index in [2.05, 4.69) is 16.8 Å². The Hall–Kier alpha value is -1.48. The third-order valence-electron chi connectivity index (χ3n) is 6.63. The number of benzene rings is 1. The van der Waals surface area contributed by atoms with Crippen LogP contribution in [0.5, 0.6) is 5.75 Å². The van der Waals surface area contributed by atoms with Crippen LogP contribution in [-0.2, 0) is 6.42 Å². The first-order valence-electron chi connectivity index (χ1n) is 9.32. The van der Waals surface area contributed by atoms with Crippen molar-refractivity contribution in [3.8, 4) is 5.75 Å². The minimum Gasteiger partial charge on any atom is -0.508 e. The maximum atomic E-state index is 9.90. The lowest BCUT2D eigenvalue weighted by Crippen LogP contribution is -2.56. The fourth-order valence-electron chi connectivity index (χ4n) is 5.93. The summed E-state index contributed by atoms with van der Waals surface area (Å²) in [6.45, 7) is 4.83. The smallest absolute Gasteiger partial charge is 0.116 e. The lowest BCUT2D eigenvalue weighted by molar-refractivity contribution is -0.0153.